The average Bonchev–Trinajstić information content (AvgIpc) is 3.40. The summed E-state index contributed by atoms with van der Waals surface area (Å²) in [6.07, 6.45) is 2.52. The lowest BCUT2D eigenvalue weighted by Gasteiger charge is -2.32. The van der Waals surface area contributed by atoms with Crippen LogP contribution in [0.5, 0.6) is 0 Å². The van der Waals surface area contributed by atoms with Crippen molar-refractivity contribution in [3.63, 3.8) is 0 Å². The van der Waals surface area contributed by atoms with Gasteiger partial charge in [-0.05, 0) is 55.3 Å². The molecule has 2 aromatic heterocycles. The number of thiophene rings is 1. The number of aromatic nitrogens is 2. The van der Waals surface area contributed by atoms with Gasteiger partial charge in [-0.15, -0.1) is 11.3 Å². The average molecular weight is 487 g/mol. The molecule has 7 heteroatoms. The Kier molecular flexibility index (Phi) is 6.95. The van der Waals surface area contributed by atoms with Crippen molar-refractivity contribution in [2.24, 2.45) is 5.92 Å². The van der Waals surface area contributed by atoms with Gasteiger partial charge in [-0.3, -0.25) is 14.2 Å². The molecule has 180 valence electrons. The van der Waals surface area contributed by atoms with E-state index in [9.17, 15) is 9.59 Å². The Morgan fingerprint density at radius 2 is 1.94 bits per heavy atom. The fraction of sp³-hybridized carbons (Fsp3) is 0.321. The molecule has 6 nitrogen and oxygen atoms in total. The highest BCUT2D eigenvalue weighted by atomic mass is 32.1. The number of carbonyl (C=O) groups excluding carboxylic acids is 1. The van der Waals surface area contributed by atoms with Crippen LogP contribution < -0.4 is 15.8 Å². The van der Waals surface area contributed by atoms with Crippen molar-refractivity contribution in [1.82, 2.24) is 14.9 Å². The van der Waals surface area contributed by atoms with Gasteiger partial charge in [-0.25, -0.2) is 4.98 Å². The number of anilines is 1. The van der Waals surface area contributed by atoms with E-state index in [1.165, 1.54) is 10.4 Å². The van der Waals surface area contributed by atoms with Gasteiger partial charge in [-0.2, -0.15) is 0 Å². The van der Waals surface area contributed by atoms with Gasteiger partial charge in [0.1, 0.15) is 0 Å². The molecule has 0 radical (unpaired) electrons. The highest BCUT2D eigenvalue weighted by molar-refractivity contribution is 7.09. The van der Waals surface area contributed by atoms with Gasteiger partial charge >= 0.3 is 0 Å². The van der Waals surface area contributed by atoms with E-state index in [1.807, 2.05) is 39.8 Å². The van der Waals surface area contributed by atoms with Crippen LogP contribution in [-0.4, -0.2) is 35.1 Å². The molecule has 0 aliphatic carbocycles. The molecule has 1 unspecified atom stereocenters. The van der Waals surface area contributed by atoms with Crippen LogP contribution in [-0.2, 0) is 17.8 Å². The summed E-state index contributed by atoms with van der Waals surface area (Å²) < 4.78 is 1.81. The number of aryl methyl sites for hydroxylation is 1. The van der Waals surface area contributed by atoms with Crippen LogP contribution in [0.25, 0.3) is 11.0 Å². The molecule has 0 saturated carbocycles. The first-order valence-electron chi connectivity index (χ1n) is 12.2. The van der Waals surface area contributed by atoms with Crippen molar-refractivity contribution in [2.75, 3.05) is 24.5 Å². The van der Waals surface area contributed by atoms with Crippen LogP contribution in [0.4, 0.5) is 5.82 Å². The number of amides is 1. The summed E-state index contributed by atoms with van der Waals surface area (Å²) in [7, 11) is 0. The van der Waals surface area contributed by atoms with E-state index in [-0.39, 0.29) is 17.4 Å². The molecule has 2 aromatic carbocycles. The van der Waals surface area contributed by atoms with Crippen LogP contribution in [0.2, 0.25) is 0 Å². The number of fused-ring (bicyclic) bond motifs is 1. The number of piperidine rings is 1. The van der Waals surface area contributed by atoms with Gasteiger partial charge in [0.15, 0.2) is 5.82 Å². The molecule has 35 heavy (non-hydrogen) atoms. The third kappa shape index (κ3) is 5.30. The zero-order valence-electron chi connectivity index (χ0n) is 19.9. The third-order valence-electron chi connectivity index (χ3n) is 6.64. The highest BCUT2D eigenvalue weighted by Crippen LogP contribution is 2.22. The van der Waals surface area contributed by atoms with Crippen molar-refractivity contribution < 1.29 is 4.79 Å². The molecule has 1 aliphatic heterocycles. The molecule has 0 bridgehead atoms. The van der Waals surface area contributed by atoms with Gasteiger partial charge < -0.3 is 10.2 Å². The molecular formula is C28H30N4O2S. The normalized spacial score (nSPS) is 15.9. The van der Waals surface area contributed by atoms with Gasteiger partial charge in [0.2, 0.25) is 5.91 Å². The van der Waals surface area contributed by atoms with Crippen LogP contribution >= 0.6 is 11.3 Å². The maximum Gasteiger partial charge on any atom is 0.294 e. The standard InChI is InChI=1S/C28H30N4O2S/c1-20-10-12-21(13-11-20)18-32-25-9-3-2-8-24(25)30-26(28(32)34)31-16-4-6-22(19-31)27(33)29-15-14-23-7-5-17-35-23/h2-3,5,7-13,17,22H,4,6,14-16,18-19H2,1H3,(H,29,33). The zero-order chi connectivity index (χ0) is 24.2. The van der Waals surface area contributed by atoms with Crippen molar-refractivity contribution in [3.05, 3.63) is 92.4 Å². The lowest BCUT2D eigenvalue weighted by atomic mass is 9.97. The van der Waals surface area contributed by atoms with E-state index in [0.717, 1.165) is 42.4 Å². The van der Waals surface area contributed by atoms with E-state index >= 15 is 0 Å². The van der Waals surface area contributed by atoms with Crippen LogP contribution in [0.1, 0.15) is 28.8 Å². The first kappa shape index (κ1) is 23.3. The number of hydrogen-bond acceptors (Lipinski definition) is 5. The summed E-state index contributed by atoms with van der Waals surface area (Å²) in [6, 6.07) is 20.2. The lowest BCUT2D eigenvalue weighted by Crippen LogP contribution is -2.46. The minimum atomic E-state index is -0.148. The largest absolute Gasteiger partial charge is 0.355 e. The minimum absolute atomic E-state index is 0.0621. The zero-order valence-corrected chi connectivity index (χ0v) is 20.8. The number of nitrogens with one attached hydrogen (secondary N) is 1. The van der Waals surface area contributed by atoms with Gasteiger partial charge in [0.25, 0.3) is 5.56 Å². The second-order valence-electron chi connectivity index (χ2n) is 9.21. The summed E-state index contributed by atoms with van der Waals surface area (Å²) in [6.45, 7) is 4.41. The smallest absolute Gasteiger partial charge is 0.294 e. The second-order valence-corrected chi connectivity index (χ2v) is 10.2. The van der Waals surface area contributed by atoms with E-state index in [2.05, 4.69) is 48.0 Å². The van der Waals surface area contributed by atoms with Crippen molar-refractivity contribution >= 4 is 34.1 Å². The molecule has 3 heterocycles. The first-order chi connectivity index (χ1) is 17.1. The molecule has 5 rings (SSSR count). The van der Waals surface area contributed by atoms with Crippen LogP contribution in [0.15, 0.2) is 70.8 Å². The monoisotopic (exact) mass is 486 g/mol. The molecule has 1 aliphatic rings. The maximum absolute atomic E-state index is 13.7. The van der Waals surface area contributed by atoms with Gasteiger partial charge in [-0.1, -0.05) is 48.0 Å². The molecule has 1 atom stereocenters. The number of benzene rings is 2. The molecule has 1 saturated heterocycles. The van der Waals surface area contributed by atoms with Crippen molar-refractivity contribution in [3.8, 4) is 0 Å². The Morgan fingerprint density at radius 1 is 1.11 bits per heavy atom. The summed E-state index contributed by atoms with van der Waals surface area (Å²) in [5, 5.41) is 5.15. The highest BCUT2D eigenvalue weighted by Gasteiger charge is 2.28. The molecule has 1 fully saturated rings. The Labute approximate surface area is 209 Å². The fourth-order valence-electron chi connectivity index (χ4n) is 4.71. The topological polar surface area (TPSA) is 67.2 Å². The third-order valence-corrected chi connectivity index (χ3v) is 7.58. The van der Waals surface area contributed by atoms with Gasteiger partial charge in [0.05, 0.1) is 23.5 Å². The molecule has 1 N–H and O–H groups in total. The fourth-order valence-corrected chi connectivity index (χ4v) is 5.42. The Balaban J connectivity index is 1.37. The SMILES string of the molecule is Cc1ccc(Cn2c(=O)c(N3CCCC(C(=O)NCCc4cccs4)C3)nc3ccccc32)cc1. The van der Waals surface area contributed by atoms with E-state index in [4.69, 9.17) is 4.98 Å². The summed E-state index contributed by atoms with van der Waals surface area (Å²) in [4.78, 5) is 34.6. The van der Waals surface area contributed by atoms with Crippen LogP contribution in [0.3, 0.4) is 0 Å². The number of hydrogen-bond donors (Lipinski definition) is 1. The van der Waals surface area contributed by atoms with E-state index in [0.29, 0.717) is 25.5 Å². The summed E-state index contributed by atoms with van der Waals surface area (Å²) in [5.74, 6) is 0.351. The van der Waals surface area contributed by atoms with Crippen LogP contribution in [0, 0.1) is 12.8 Å². The Bertz CT molecular complexity index is 1360. The molecule has 0 spiro atoms. The molecular weight excluding hydrogens is 456 g/mol. The Morgan fingerprint density at radius 3 is 2.74 bits per heavy atom. The van der Waals surface area contributed by atoms with Crippen molar-refractivity contribution in [2.45, 2.75) is 32.7 Å². The number of nitrogens with zero attached hydrogens (tertiary/aromatic N) is 3. The molecule has 4 aromatic rings. The minimum Gasteiger partial charge on any atom is -0.355 e. The predicted molar refractivity (Wildman–Crippen MR) is 142 cm³/mol. The van der Waals surface area contributed by atoms with E-state index in [1.54, 1.807) is 11.3 Å². The van der Waals surface area contributed by atoms with Crippen molar-refractivity contribution in [1.29, 1.82) is 0 Å². The predicted octanol–water partition coefficient (Wildman–Crippen LogP) is 4.39. The maximum atomic E-state index is 13.7. The van der Waals surface area contributed by atoms with Gasteiger partial charge in [0, 0.05) is 24.5 Å². The number of para-hydroxylation sites is 2. The van der Waals surface area contributed by atoms with E-state index < -0.39 is 0 Å². The lowest BCUT2D eigenvalue weighted by molar-refractivity contribution is -0.125. The molecule has 1 amide bonds. The first-order valence-corrected chi connectivity index (χ1v) is 13.1. The second kappa shape index (κ2) is 10.4. The Hall–Kier alpha value is -3.45. The summed E-state index contributed by atoms with van der Waals surface area (Å²) in [5.41, 5.74) is 3.76. The summed E-state index contributed by atoms with van der Waals surface area (Å²) >= 11 is 1.71. The quantitative estimate of drug-likeness (QED) is 0.421. The number of carbonyl (C=O) groups is 1. The number of rotatable bonds is 7.